The summed E-state index contributed by atoms with van der Waals surface area (Å²) in [6, 6.07) is 5.54. The van der Waals surface area contributed by atoms with E-state index in [1.54, 1.807) is 10.4 Å². The molecule has 5 nitrogen and oxygen atoms in total. The molecule has 7 heteroatoms. The maximum absolute atomic E-state index is 12.8. The van der Waals surface area contributed by atoms with Crippen molar-refractivity contribution in [3.63, 3.8) is 0 Å². The van der Waals surface area contributed by atoms with Crippen LogP contribution in [0.15, 0.2) is 23.1 Å². The van der Waals surface area contributed by atoms with E-state index in [0.717, 1.165) is 17.7 Å². The first-order valence-corrected chi connectivity index (χ1v) is 9.31. The van der Waals surface area contributed by atoms with Crippen LogP contribution in [0.25, 0.3) is 0 Å². The van der Waals surface area contributed by atoms with E-state index in [0.29, 0.717) is 36.2 Å². The standard InChI is InChI=1S/C15H23N3O2S2/c1-4-16-15(21)17-7-9-18(10-8-17)22(19,20)14-11-12(2)5-6-13(14)3/h5-6,11H,4,7-10H2,1-3H3,(H,16,21). The average molecular weight is 342 g/mol. The monoisotopic (exact) mass is 341 g/mol. The topological polar surface area (TPSA) is 52.6 Å². The molecule has 2 rings (SSSR count). The number of rotatable bonds is 3. The third-order valence-electron chi connectivity index (χ3n) is 3.82. The van der Waals surface area contributed by atoms with Gasteiger partial charge in [0.15, 0.2) is 5.11 Å². The van der Waals surface area contributed by atoms with Crippen molar-refractivity contribution in [3.8, 4) is 0 Å². The lowest BCUT2D eigenvalue weighted by atomic mass is 10.2. The molecule has 0 unspecified atom stereocenters. The molecule has 0 aliphatic carbocycles. The largest absolute Gasteiger partial charge is 0.363 e. The smallest absolute Gasteiger partial charge is 0.243 e. The predicted molar refractivity (Wildman–Crippen MR) is 92.5 cm³/mol. The number of nitrogens with one attached hydrogen (secondary N) is 1. The lowest BCUT2D eigenvalue weighted by Gasteiger charge is -2.35. The fourth-order valence-electron chi connectivity index (χ4n) is 2.52. The Morgan fingerprint density at radius 2 is 1.86 bits per heavy atom. The Kier molecular flexibility index (Phi) is 5.41. The SMILES string of the molecule is CCNC(=S)N1CCN(S(=O)(=O)c2cc(C)ccc2C)CC1. The minimum Gasteiger partial charge on any atom is -0.363 e. The van der Waals surface area contributed by atoms with Crippen molar-refractivity contribution in [3.05, 3.63) is 29.3 Å². The van der Waals surface area contributed by atoms with Gasteiger partial charge in [-0.2, -0.15) is 4.31 Å². The van der Waals surface area contributed by atoms with Gasteiger partial charge < -0.3 is 10.2 Å². The van der Waals surface area contributed by atoms with E-state index in [4.69, 9.17) is 12.2 Å². The highest BCUT2D eigenvalue weighted by Crippen LogP contribution is 2.22. The molecule has 122 valence electrons. The lowest BCUT2D eigenvalue weighted by Crippen LogP contribution is -2.53. The lowest BCUT2D eigenvalue weighted by molar-refractivity contribution is 0.264. The molecule has 22 heavy (non-hydrogen) atoms. The number of aryl methyl sites for hydroxylation is 2. The van der Waals surface area contributed by atoms with E-state index in [2.05, 4.69) is 5.32 Å². The van der Waals surface area contributed by atoms with Crippen LogP contribution in [0.2, 0.25) is 0 Å². The van der Waals surface area contributed by atoms with Gasteiger partial charge in [0.25, 0.3) is 0 Å². The maximum atomic E-state index is 12.8. The van der Waals surface area contributed by atoms with Gasteiger partial charge in [0, 0.05) is 32.7 Å². The second-order valence-electron chi connectivity index (χ2n) is 5.50. The predicted octanol–water partition coefficient (Wildman–Crippen LogP) is 1.50. The summed E-state index contributed by atoms with van der Waals surface area (Å²) >= 11 is 5.28. The number of nitrogens with zero attached hydrogens (tertiary/aromatic N) is 2. The molecule has 0 radical (unpaired) electrons. The molecule has 0 spiro atoms. The third kappa shape index (κ3) is 3.59. The van der Waals surface area contributed by atoms with Gasteiger partial charge >= 0.3 is 0 Å². The molecular weight excluding hydrogens is 318 g/mol. The average Bonchev–Trinajstić information content (AvgIpc) is 2.50. The van der Waals surface area contributed by atoms with Gasteiger partial charge in [-0.25, -0.2) is 8.42 Å². The molecule has 0 saturated carbocycles. The van der Waals surface area contributed by atoms with Gasteiger partial charge in [-0.05, 0) is 50.2 Å². The summed E-state index contributed by atoms with van der Waals surface area (Å²) in [4.78, 5) is 2.43. The fraction of sp³-hybridized carbons (Fsp3) is 0.533. The van der Waals surface area contributed by atoms with Crippen LogP contribution in [0.3, 0.4) is 0 Å². The molecule has 0 aromatic heterocycles. The van der Waals surface area contributed by atoms with Gasteiger partial charge in [0.1, 0.15) is 0 Å². The Balaban J connectivity index is 2.13. The van der Waals surface area contributed by atoms with E-state index in [1.165, 1.54) is 0 Å². The number of hydrogen-bond acceptors (Lipinski definition) is 3. The van der Waals surface area contributed by atoms with Crippen LogP contribution in [0.5, 0.6) is 0 Å². The second-order valence-corrected chi connectivity index (χ2v) is 7.79. The first-order valence-electron chi connectivity index (χ1n) is 7.46. The van der Waals surface area contributed by atoms with Crippen molar-refractivity contribution >= 4 is 27.4 Å². The van der Waals surface area contributed by atoms with E-state index >= 15 is 0 Å². The molecule has 1 N–H and O–H groups in total. The number of hydrogen-bond donors (Lipinski definition) is 1. The molecule has 1 saturated heterocycles. The van der Waals surface area contributed by atoms with E-state index in [-0.39, 0.29) is 0 Å². The molecule has 1 aliphatic rings. The summed E-state index contributed by atoms with van der Waals surface area (Å²) in [5.74, 6) is 0. The first-order chi connectivity index (χ1) is 10.4. The third-order valence-corrected chi connectivity index (χ3v) is 6.26. The van der Waals surface area contributed by atoms with Crippen molar-refractivity contribution in [2.45, 2.75) is 25.7 Å². The van der Waals surface area contributed by atoms with Crippen molar-refractivity contribution < 1.29 is 8.42 Å². The highest BCUT2D eigenvalue weighted by atomic mass is 32.2. The summed E-state index contributed by atoms with van der Waals surface area (Å²) in [7, 11) is -3.43. The van der Waals surface area contributed by atoms with Crippen molar-refractivity contribution in [1.29, 1.82) is 0 Å². The van der Waals surface area contributed by atoms with E-state index < -0.39 is 10.0 Å². The number of piperazine rings is 1. The van der Waals surface area contributed by atoms with Crippen molar-refractivity contribution in [2.75, 3.05) is 32.7 Å². The van der Waals surface area contributed by atoms with Gasteiger partial charge in [0.05, 0.1) is 4.90 Å². The Hall–Kier alpha value is -1.18. The minimum absolute atomic E-state index is 0.412. The highest BCUT2D eigenvalue weighted by Gasteiger charge is 2.30. The van der Waals surface area contributed by atoms with Crippen LogP contribution >= 0.6 is 12.2 Å². The molecule has 1 aromatic carbocycles. The summed E-state index contributed by atoms with van der Waals surface area (Å²) < 4.78 is 27.2. The highest BCUT2D eigenvalue weighted by molar-refractivity contribution is 7.89. The Bertz CT molecular complexity index is 651. The van der Waals surface area contributed by atoms with Crippen LogP contribution in [-0.2, 0) is 10.0 Å². The summed E-state index contributed by atoms with van der Waals surface area (Å²) in [5.41, 5.74) is 1.74. The number of sulfonamides is 1. The molecule has 0 bridgehead atoms. The first kappa shape index (κ1) is 17.2. The second kappa shape index (κ2) is 6.93. The van der Waals surface area contributed by atoms with Gasteiger partial charge in [-0.15, -0.1) is 0 Å². The zero-order chi connectivity index (χ0) is 16.3. The number of thiocarbonyl (C=S) groups is 1. The van der Waals surface area contributed by atoms with Crippen molar-refractivity contribution in [1.82, 2.24) is 14.5 Å². The molecule has 1 heterocycles. The van der Waals surface area contributed by atoms with Crippen LogP contribution < -0.4 is 5.32 Å². The number of benzene rings is 1. The summed E-state index contributed by atoms with van der Waals surface area (Å²) in [6.07, 6.45) is 0. The Morgan fingerprint density at radius 3 is 2.45 bits per heavy atom. The van der Waals surface area contributed by atoms with Gasteiger partial charge in [-0.1, -0.05) is 12.1 Å². The minimum atomic E-state index is -3.43. The molecule has 0 amide bonds. The summed E-state index contributed by atoms with van der Waals surface area (Å²) in [5, 5.41) is 3.81. The van der Waals surface area contributed by atoms with Crippen LogP contribution in [0.4, 0.5) is 0 Å². The zero-order valence-corrected chi connectivity index (χ0v) is 14.9. The van der Waals surface area contributed by atoms with E-state index in [1.807, 2.05) is 37.8 Å². The Labute approximate surface area is 138 Å². The van der Waals surface area contributed by atoms with Crippen molar-refractivity contribution in [2.24, 2.45) is 0 Å². The molecule has 1 fully saturated rings. The van der Waals surface area contributed by atoms with Crippen LogP contribution in [0.1, 0.15) is 18.1 Å². The fourth-order valence-corrected chi connectivity index (χ4v) is 4.58. The van der Waals surface area contributed by atoms with E-state index in [9.17, 15) is 8.42 Å². The van der Waals surface area contributed by atoms with Crippen LogP contribution in [-0.4, -0.2) is 55.5 Å². The Morgan fingerprint density at radius 1 is 1.23 bits per heavy atom. The van der Waals surface area contributed by atoms with Gasteiger partial charge in [0.2, 0.25) is 10.0 Å². The normalized spacial score (nSPS) is 16.6. The molecule has 1 aliphatic heterocycles. The summed E-state index contributed by atoms with van der Waals surface area (Å²) in [6.45, 7) is 8.68. The quantitative estimate of drug-likeness (QED) is 0.845. The molecular formula is C15H23N3O2S2. The van der Waals surface area contributed by atoms with Gasteiger partial charge in [-0.3, -0.25) is 0 Å². The molecule has 1 aromatic rings. The zero-order valence-electron chi connectivity index (χ0n) is 13.3. The molecule has 0 atom stereocenters. The maximum Gasteiger partial charge on any atom is 0.243 e. The van der Waals surface area contributed by atoms with Crippen LogP contribution in [0, 0.1) is 13.8 Å².